The Morgan fingerprint density at radius 2 is 1.91 bits per heavy atom. The Bertz CT molecular complexity index is 144. The van der Waals surface area contributed by atoms with Crippen LogP contribution in [0.25, 0.3) is 0 Å². The lowest BCUT2D eigenvalue weighted by Crippen LogP contribution is -2.26. The van der Waals surface area contributed by atoms with Crippen LogP contribution in [0.2, 0.25) is 0 Å². The van der Waals surface area contributed by atoms with Gasteiger partial charge >= 0.3 is 0 Å². The van der Waals surface area contributed by atoms with Crippen LogP contribution in [0.4, 0.5) is 0 Å². The van der Waals surface area contributed by atoms with Gasteiger partial charge in [0.25, 0.3) is 0 Å². The molecule has 1 saturated heterocycles. The van der Waals surface area contributed by atoms with Crippen molar-refractivity contribution in [3.8, 4) is 0 Å². The summed E-state index contributed by atoms with van der Waals surface area (Å²) in [6, 6.07) is 0.861. The Kier molecular flexibility index (Phi) is 1.92. The van der Waals surface area contributed by atoms with Gasteiger partial charge in [0, 0.05) is 12.6 Å². The Morgan fingerprint density at radius 1 is 1.18 bits per heavy atom. The van der Waals surface area contributed by atoms with Crippen LogP contribution in [0.3, 0.4) is 0 Å². The van der Waals surface area contributed by atoms with Crippen LogP contribution >= 0.6 is 0 Å². The molecule has 2 rings (SSSR count). The van der Waals surface area contributed by atoms with E-state index in [1.165, 1.54) is 32.2 Å². The summed E-state index contributed by atoms with van der Waals surface area (Å²) in [5.41, 5.74) is 0. The van der Waals surface area contributed by atoms with Crippen molar-refractivity contribution in [1.82, 2.24) is 4.90 Å². The van der Waals surface area contributed by atoms with Gasteiger partial charge in [-0.05, 0) is 38.6 Å². The van der Waals surface area contributed by atoms with E-state index in [2.05, 4.69) is 18.9 Å². The molecule has 1 nitrogen and oxygen atoms in total. The van der Waals surface area contributed by atoms with Crippen molar-refractivity contribution in [3.05, 3.63) is 0 Å². The highest BCUT2D eigenvalue weighted by Crippen LogP contribution is 2.39. The van der Waals surface area contributed by atoms with E-state index in [0.717, 1.165) is 17.9 Å². The molecular formula is C10H19N. The Hall–Kier alpha value is -0.0400. The topological polar surface area (TPSA) is 3.24 Å². The van der Waals surface area contributed by atoms with Crippen LogP contribution in [0.5, 0.6) is 0 Å². The van der Waals surface area contributed by atoms with Gasteiger partial charge in [0.05, 0.1) is 0 Å². The van der Waals surface area contributed by atoms with Crippen LogP contribution in [-0.4, -0.2) is 24.5 Å². The molecule has 64 valence electrons. The minimum Gasteiger partial charge on any atom is -0.303 e. The molecule has 1 aliphatic carbocycles. The van der Waals surface area contributed by atoms with Crippen LogP contribution in [0.15, 0.2) is 0 Å². The maximum Gasteiger partial charge on any atom is 0.00953 e. The SMILES string of the molecule is C[C@@H]1[C@H]2CCCC[C@H]2CN1C. The van der Waals surface area contributed by atoms with Gasteiger partial charge in [0.2, 0.25) is 0 Å². The number of hydrogen-bond donors (Lipinski definition) is 0. The molecule has 1 heterocycles. The molecule has 1 heteroatoms. The third-order valence-corrected chi connectivity index (χ3v) is 3.81. The van der Waals surface area contributed by atoms with Crippen molar-refractivity contribution >= 4 is 0 Å². The first-order valence-electron chi connectivity index (χ1n) is 4.99. The predicted octanol–water partition coefficient (Wildman–Crippen LogP) is 2.13. The molecule has 1 aliphatic heterocycles. The molecule has 0 aromatic rings. The number of likely N-dealkylation sites (tertiary alicyclic amines) is 1. The van der Waals surface area contributed by atoms with Crippen molar-refractivity contribution in [2.45, 2.75) is 38.6 Å². The number of nitrogens with zero attached hydrogens (tertiary/aromatic N) is 1. The first-order valence-corrected chi connectivity index (χ1v) is 4.99. The summed E-state index contributed by atoms with van der Waals surface area (Å²) >= 11 is 0. The van der Waals surface area contributed by atoms with E-state index in [1.807, 2.05) is 0 Å². The van der Waals surface area contributed by atoms with Crippen molar-refractivity contribution < 1.29 is 0 Å². The summed E-state index contributed by atoms with van der Waals surface area (Å²) < 4.78 is 0. The van der Waals surface area contributed by atoms with Gasteiger partial charge in [0.1, 0.15) is 0 Å². The molecule has 11 heavy (non-hydrogen) atoms. The van der Waals surface area contributed by atoms with Crippen molar-refractivity contribution in [2.75, 3.05) is 13.6 Å². The van der Waals surface area contributed by atoms with E-state index in [0.29, 0.717) is 0 Å². The first kappa shape index (κ1) is 7.60. The lowest BCUT2D eigenvalue weighted by molar-refractivity contribution is 0.251. The average molecular weight is 153 g/mol. The van der Waals surface area contributed by atoms with Gasteiger partial charge in [-0.1, -0.05) is 12.8 Å². The second-order valence-electron chi connectivity index (χ2n) is 4.39. The molecule has 1 saturated carbocycles. The van der Waals surface area contributed by atoms with Gasteiger partial charge in [-0.2, -0.15) is 0 Å². The maximum atomic E-state index is 2.54. The Balaban J connectivity index is 2.05. The highest BCUT2D eigenvalue weighted by atomic mass is 15.2. The third-order valence-electron chi connectivity index (χ3n) is 3.81. The molecule has 0 bridgehead atoms. The maximum absolute atomic E-state index is 2.54. The predicted molar refractivity (Wildman–Crippen MR) is 47.5 cm³/mol. The van der Waals surface area contributed by atoms with E-state index >= 15 is 0 Å². The molecule has 2 aliphatic rings. The van der Waals surface area contributed by atoms with E-state index in [9.17, 15) is 0 Å². The van der Waals surface area contributed by atoms with Crippen molar-refractivity contribution in [3.63, 3.8) is 0 Å². The lowest BCUT2D eigenvalue weighted by Gasteiger charge is -2.26. The molecule has 0 N–H and O–H groups in total. The highest BCUT2D eigenvalue weighted by Gasteiger charge is 2.37. The largest absolute Gasteiger partial charge is 0.303 e. The highest BCUT2D eigenvalue weighted by molar-refractivity contribution is 4.90. The van der Waals surface area contributed by atoms with Gasteiger partial charge in [0.15, 0.2) is 0 Å². The quantitative estimate of drug-likeness (QED) is 0.515. The molecule has 0 amide bonds. The summed E-state index contributed by atoms with van der Waals surface area (Å²) in [5, 5.41) is 0. The second kappa shape index (κ2) is 2.78. The molecular weight excluding hydrogens is 134 g/mol. The van der Waals surface area contributed by atoms with Gasteiger partial charge in [-0.25, -0.2) is 0 Å². The number of fused-ring (bicyclic) bond motifs is 1. The summed E-state index contributed by atoms with van der Waals surface area (Å²) in [6.45, 7) is 3.77. The molecule has 3 atom stereocenters. The lowest BCUT2D eigenvalue weighted by atomic mass is 9.79. The molecule has 0 unspecified atom stereocenters. The molecule has 0 spiro atoms. The molecule has 0 radical (unpaired) electrons. The summed E-state index contributed by atoms with van der Waals surface area (Å²) in [6.07, 6.45) is 5.97. The van der Waals surface area contributed by atoms with Gasteiger partial charge < -0.3 is 4.90 Å². The van der Waals surface area contributed by atoms with Crippen LogP contribution < -0.4 is 0 Å². The summed E-state index contributed by atoms with van der Waals surface area (Å²) in [5.74, 6) is 2.08. The third kappa shape index (κ3) is 1.20. The Morgan fingerprint density at radius 3 is 2.64 bits per heavy atom. The minimum atomic E-state index is 0.861. The zero-order valence-corrected chi connectivity index (χ0v) is 7.71. The van der Waals surface area contributed by atoms with Gasteiger partial charge in [-0.3, -0.25) is 0 Å². The smallest absolute Gasteiger partial charge is 0.00953 e. The number of hydrogen-bond acceptors (Lipinski definition) is 1. The summed E-state index contributed by atoms with van der Waals surface area (Å²) in [4.78, 5) is 2.54. The van der Waals surface area contributed by atoms with E-state index in [-0.39, 0.29) is 0 Å². The molecule has 0 aromatic heterocycles. The fourth-order valence-corrected chi connectivity index (χ4v) is 2.96. The fourth-order valence-electron chi connectivity index (χ4n) is 2.96. The summed E-state index contributed by atoms with van der Waals surface area (Å²) in [7, 11) is 2.28. The monoisotopic (exact) mass is 153 g/mol. The van der Waals surface area contributed by atoms with Crippen LogP contribution in [-0.2, 0) is 0 Å². The molecule has 0 aromatic carbocycles. The first-order chi connectivity index (χ1) is 5.29. The minimum absolute atomic E-state index is 0.861. The zero-order valence-electron chi connectivity index (χ0n) is 7.71. The van der Waals surface area contributed by atoms with E-state index in [1.54, 1.807) is 0 Å². The van der Waals surface area contributed by atoms with E-state index in [4.69, 9.17) is 0 Å². The molecule has 2 fully saturated rings. The fraction of sp³-hybridized carbons (Fsp3) is 1.00. The van der Waals surface area contributed by atoms with Gasteiger partial charge in [-0.15, -0.1) is 0 Å². The van der Waals surface area contributed by atoms with Crippen molar-refractivity contribution in [2.24, 2.45) is 11.8 Å². The number of rotatable bonds is 0. The van der Waals surface area contributed by atoms with E-state index < -0.39 is 0 Å². The second-order valence-corrected chi connectivity index (χ2v) is 4.39. The zero-order chi connectivity index (χ0) is 7.84. The average Bonchev–Trinajstić information content (AvgIpc) is 2.30. The van der Waals surface area contributed by atoms with Crippen LogP contribution in [0, 0.1) is 11.8 Å². The van der Waals surface area contributed by atoms with Crippen LogP contribution in [0.1, 0.15) is 32.6 Å². The standard InChI is InChI=1S/C10H19N/c1-8-10-6-4-3-5-9(10)7-11(8)2/h8-10H,3-7H2,1-2H3/t8-,9+,10-/m1/s1. The Labute approximate surface area is 69.8 Å². The van der Waals surface area contributed by atoms with Crippen molar-refractivity contribution in [1.29, 1.82) is 0 Å². The normalized spacial score (nSPS) is 45.8.